The van der Waals surface area contributed by atoms with E-state index >= 15 is 0 Å². The van der Waals surface area contributed by atoms with Crippen molar-refractivity contribution in [3.63, 3.8) is 0 Å². The first-order valence-electron chi connectivity index (χ1n) is 9.21. The molecule has 0 amide bonds. The first kappa shape index (κ1) is 21.5. The fourth-order valence-corrected chi connectivity index (χ4v) is 4.09. The molecule has 0 aliphatic carbocycles. The van der Waals surface area contributed by atoms with Crippen molar-refractivity contribution in [3.05, 3.63) is 35.4 Å². The second kappa shape index (κ2) is 12.8. The molecular formula is C19H32O3S2. The summed E-state index contributed by atoms with van der Waals surface area (Å²) in [4.78, 5) is 0. The van der Waals surface area contributed by atoms with Gasteiger partial charge < -0.3 is 0 Å². The van der Waals surface area contributed by atoms with E-state index in [9.17, 15) is 8.42 Å². The molecule has 0 radical (unpaired) electrons. The van der Waals surface area contributed by atoms with E-state index < -0.39 is 9.15 Å². The molecule has 1 aromatic rings. The molecule has 138 valence electrons. The largest absolute Gasteiger partial charge is 0.320 e. The number of unbranched alkanes of at least 4 members (excludes halogenated alkanes) is 9. The fourth-order valence-electron chi connectivity index (χ4n) is 2.76. The summed E-state index contributed by atoms with van der Waals surface area (Å²) in [5.41, 5.74) is 2.22. The summed E-state index contributed by atoms with van der Waals surface area (Å²) in [6.45, 7) is 2.26. The van der Waals surface area contributed by atoms with Gasteiger partial charge in [0, 0.05) is 16.5 Å². The van der Waals surface area contributed by atoms with E-state index in [-0.39, 0.29) is 5.75 Å². The van der Waals surface area contributed by atoms with Gasteiger partial charge >= 0.3 is 9.15 Å². The van der Waals surface area contributed by atoms with Crippen LogP contribution in [0.25, 0.3) is 0 Å². The van der Waals surface area contributed by atoms with Crippen LogP contribution in [0, 0.1) is 0 Å². The van der Waals surface area contributed by atoms with Crippen molar-refractivity contribution in [3.8, 4) is 0 Å². The van der Waals surface area contributed by atoms with Crippen molar-refractivity contribution in [2.45, 2.75) is 83.3 Å². The molecule has 0 saturated heterocycles. The van der Waals surface area contributed by atoms with Crippen molar-refractivity contribution >= 4 is 19.9 Å². The van der Waals surface area contributed by atoms with Gasteiger partial charge in [-0.2, -0.15) is 8.42 Å². The number of benzene rings is 1. The second-order valence-electron chi connectivity index (χ2n) is 6.44. The fraction of sp³-hybridized carbons (Fsp3) is 0.684. The Bertz CT molecular complexity index is 524. The minimum absolute atomic E-state index is 0.289. The molecule has 0 bridgehead atoms. The zero-order valence-electron chi connectivity index (χ0n) is 14.9. The molecule has 0 aliphatic rings. The molecule has 0 fully saturated rings. The highest BCUT2D eigenvalue weighted by Gasteiger charge is 2.05. The minimum atomic E-state index is -3.95. The molecule has 0 heterocycles. The highest BCUT2D eigenvalue weighted by molar-refractivity contribution is 8.69. The molecule has 1 rings (SSSR count). The average Bonchev–Trinajstić information content (AvgIpc) is 2.55. The van der Waals surface area contributed by atoms with E-state index in [1.54, 1.807) is 0 Å². The smallest absolute Gasteiger partial charge is 0.277 e. The van der Waals surface area contributed by atoms with Gasteiger partial charge in [0.25, 0.3) is 0 Å². The van der Waals surface area contributed by atoms with Crippen LogP contribution in [0.15, 0.2) is 24.3 Å². The van der Waals surface area contributed by atoms with Gasteiger partial charge in [-0.25, -0.2) is 0 Å². The molecule has 1 N–H and O–H groups in total. The molecule has 3 nitrogen and oxygen atoms in total. The van der Waals surface area contributed by atoms with Gasteiger partial charge in [-0.15, -0.1) is 0 Å². The maximum atomic E-state index is 10.7. The van der Waals surface area contributed by atoms with Crippen molar-refractivity contribution < 1.29 is 13.0 Å². The Morgan fingerprint density at radius 1 is 0.792 bits per heavy atom. The van der Waals surface area contributed by atoms with Crippen LogP contribution in [0.2, 0.25) is 0 Å². The van der Waals surface area contributed by atoms with Crippen LogP contribution in [-0.2, 0) is 21.3 Å². The lowest BCUT2D eigenvalue weighted by Gasteiger charge is -2.04. The van der Waals surface area contributed by atoms with Crippen molar-refractivity contribution in [2.24, 2.45) is 0 Å². The van der Waals surface area contributed by atoms with Gasteiger partial charge in [0.05, 0.1) is 0 Å². The average molecular weight is 373 g/mol. The SMILES string of the molecule is CCCCCCCCCCCCc1ccc(CSS(=O)(=O)O)cc1. The lowest BCUT2D eigenvalue weighted by Crippen LogP contribution is -1.92. The van der Waals surface area contributed by atoms with E-state index in [4.69, 9.17) is 4.55 Å². The van der Waals surface area contributed by atoms with Gasteiger partial charge in [0.15, 0.2) is 0 Å². The number of hydrogen-bond acceptors (Lipinski definition) is 3. The van der Waals surface area contributed by atoms with Gasteiger partial charge in [-0.3, -0.25) is 4.55 Å². The third-order valence-corrected chi connectivity index (χ3v) is 6.21. The lowest BCUT2D eigenvalue weighted by atomic mass is 10.0. The zero-order valence-corrected chi connectivity index (χ0v) is 16.5. The topological polar surface area (TPSA) is 54.4 Å². The molecule has 0 spiro atoms. The van der Waals surface area contributed by atoms with Gasteiger partial charge in [0.2, 0.25) is 0 Å². The predicted molar refractivity (Wildman–Crippen MR) is 105 cm³/mol. The third-order valence-electron chi connectivity index (χ3n) is 4.22. The number of hydrogen-bond donors (Lipinski definition) is 1. The van der Waals surface area contributed by atoms with Crippen LogP contribution >= 0.6 is 10.8 Å². The Morgan fingerprint density at radius 3 is 1.75 bits per heavy atom. The standard InChI is InChI=1S/C19H32O3S2/c1-2-3-4-5-6-7-8-9-10-11-12-18-13-15-19(16-14-18)17-23-24(20,21)22/h13-16H,2-12,17H2,1H3,(H,20,21,22). The summed E-state index contributed by atoms with van der Waals surface area (Å²) in [5, 5.41) is 0. The van der Waals surface area contributed by atoms with Crippen molar-refractivity contribution in [1.29, 1.82) is 0 Å². The van der Waals surface area contributed by atoms with Crippen LogP contribution in [-0.4, -0.2) is 13.0 Å². The van der Waals surface area contributed by atoms with Crippen LogP contribution < -0.4 is 0 Å². The maximum Gasteiger partial charge on any atom is 0.320 e. The Balaban J connectivity index is 2.05. The molecule has 0 aliphatic heterocycles. The second-order valence-corrected chi connectivity index (χ2v) is 9.79. The molecular weight excluding hydrogens is 340 g/mol. The van der Waals surface area contributed by atoms with Crippen molar-refractivity contribution in [1.82, 2.24) is 0 Å². The van der Waals surface area contributed by atoms with E-state index in [1.165, 1.54) is 69.8 Å². The first-order chi connectivity index (χ1) is 11.5. The molecule has 0 saturated carbocycles. The predicted octanol–water partition coefficient (Wildman–Crippen LogP) is 6.19. The lowest BCUT2D eigenvalue weighted by molar-refractivity contribution is 0.503. The molecule has 1 aromatic carbocycles. The molecule has 0 aromatic heterocycles. The quantitative estimate of drug-likeness (QED) is 0.240. The van der Waals surface area contributed by atoms with Crippen LogP contribution in [0.4, 0.5) is 0 Å². The molecule has 24 heavy (non-hydrogen) atoms. The van der Waals surface area contributed by atoms with Gasteiger partial charge in [-0.05, 0) is 24.0 Å². The maximum absolute atomic E-state index is 10.7. The summed E-state index contributed by atoms with van der Waals surface area (Å²) in [7, 11) is -3.39. The highest BCUT2D eigenvalue weighted by Crippen LogP contribution is 2.18. The molecule has 0 unspecified atom stereocenters. The van der Waals surface area contributed by atoms with E-state index in [0.717, 1.165) is 12.0 Å². The highest BCUT2D eigenvalue weighted by atomic mass is 33.1. The number of aryl methyl sites for hydroxylation is 1. The summed E-state index contributed by atoms with van der Waals surface area (Å²) < 4.78 is 30.1. The zero-order chi connectivity index (χ0) is 17.7. The monoisotopic (exact) mass is 372 g/mol. The summed E-state index contributed by atoms with van der Waals surface area (Å²) in [6, 6.07) is 8.02. The number of rotatable bonds is 14. The molecule has 0 atom stereocenters. The van der Waals surface area contributed by atoms with Gasteiger partial charge in [0.1, 0.15) is 0 Å². The van der Waals surface area contributed by atoms with Crippen LogP contribution in [0.1, 0.15) is 82.3 Å². The Kier molecular flexibility index (Phi) is 11.5. The van der Waals surface area contributed by atoms with Crippen LogP contribution in [0.3, 0.4) is 0 Å². The summed E-state index contributed by atoms with van der Waals surface area (Å²) in [6.07, 6.45) is 14.5. The normalized spacial score (nSPS) is 11.8. The Morgan fingerprint density at radius 2 is 1.25 bits per heavy atom. The Labute approximate surface area is 151 Å². The summed E-state index contributed by atoms with van der Waals surface area (Å²) >= 11 is 0. The van der Waals surface area contributed by atoms with Gasteiger partial charge in [-0.1, -0.05) is 89.0 Å². The Hall–Kier alpha value is -0.520. The van der Waals surface area contributed by atoms with Crippen LogP contribution in [0.5, 0.6) is 0 Å². The third kappa shape index (κ3) is 11.9. The van der Waals surface area contributed by atoms with Crippen molar-refractivity contribution in [2.75, 3.05) is 0 Å². The minimum Gasteiger partial charge on any atom is -0.277 e. The van der Waals surface area contributed by atoms with E-state index in [1.807, 2.05) is 12.1 Å². The summed E-state index contributed by atoms with van der Waals surface area (Å²) in [5.74, 6) is 0.289. The van der Waals surface area contributed by atoms with E-state index in [0.29, 0.717) is 10.8 Å². The van der Waals surface area contributed by atoms with E-state index in [2.05, 4.69) is 19.1 Å². The molecule has 5 heteroatoms. The first-order valence-corrected chi connectivity index (χ1v) is 12.1.